The third-order valence-electron chi connectivity index (χ3n) is 3.82. The van der Waals surface area contributed by atoms with Crippen LogP contribution in [0.3, 0.4) is 0 Å². The second-order valence-electron chi connectivity index (χ2n) is 5.44. The molecule has 0 amide bonds. The van der Waals surface area contributed by atoms with E-state index in [0.29, 0.717) is 5.78 Å². The van der Waals surface area contributed by atoms with Crippen LogP contribution in [0.2, 0.25) is 0 Å². The lowest BCUT2D eigenvalue weighted by atomic mass is 10.1. The van der Waals surface area contributed by atoms with Crippen LogP contribution in [0.5, 0.6) is 0 Å². The zero-order chi connectivity index (χ0) is 16.5. The third-order valence-corrected chi connectivity index (χ3v) is 3.82. The van der Waals surface area contributed by atoms with Crippen molar-refractivity contribution >= 4 is 28.2 Å². The topological polar surface area (TPSA) is 55.1 Å². The largest absolute Gasteiger partial charge is 0.340 e. The highest BCUT2D eigenvalue weighted by Gasteiger charge is 2.12. The molecule has 2 aromatic carbocycles. The highest BCUT2D eigenvalue weighted by atomic mass is 15.3. The Morgan fingerprint density at radius 2 is 1.88 bits per heavy atom. The molecule has 0 spiro atoms. The van der Waals surface area contributed by atoms with Crippen molar-refractivity contribution in [2.24, 2.45) is 0 Å². The van der Waals surface area contributed by atoms with Crippen molar-refractivity contribution in [1.29, 1.82) is 0 Å². The van der Waals surface area contributed by atoms with E-state index < -0.39 is 0 Å². The fourth-order valence-electron chi connectivity index (χ4n) is 2.76. The molecule has 0 aliphatic heterocycles. The van der Waals surface area contributed by atoms with E-state index in [-0.39, 0.29) is 0 Å². The number of para-hydroxylation sites is 1. The minimum absolute atomic E-state index is 0.569. The van der Waals surface area contributed by atoms with Crippen molar-refractivity contribution in [1.82, 2.24) is 19.6 Å². The number of hydrogen-bond donors (Lipinski definition) is 1. The molecule has 1 N–H and O–H groups in total. The first-order valence-electron chi connectivity index (χ1n) is 7.66. The Hall–Kier alpha value is -3.39. The summed E-state index contributed by atoms with van der Waals surface area (Å²) < 4.78 is 1.95. The summed E-state index contributed by atoms with van der Waals surface area (Å²) in [4.78, 5) is 4.64. The van der Waals surface area contributed by atoms with Crippen LogP contribution < -0.4 is 5.32 Å². The third kappa shape index (κ3) is 2.34. The Morgan fingerprint density at radius 1 is 1.04 bits per heavy atom. The van der Waals surface area contributed by atoms with Gasteiger partial charge in [-0.1, -0.05) is 24.1 Å². The van der Waals surface area contributed by atoms with E-state index in [9.17, 15) is 0 Å². The second kappa shape index (κ2) is 5.67. The minimum atomic E-state index is 0.569. The Kier molecular flexibility index (Phi) is 3.36. The van der Waals surface area contributed by atoms with Gasteiger partial charge in [0.25, 0.3) is 5.78 Å². The molecular weight excluding hydrogens is 298 g/mol. The lowest BCUT2D eigenvalue weighted by Gasteiger charge is -2.11. The van der Waals surface area contributed by atoms with E-state index in [1.807, 2.05) is 66.8 Å². The SMILES string of the molecule is CC#Cc1ccc2c(Nc3ccccc3)nc3nnc(C)n3c2c1. The first kappa shape index (κ1) is 14.2. The Bertz CT molecular complexity index is 1100. The highest BCUT2D eigenvalue weighted by molar-refractivity contribution is 5.93. The monoisotopic (exact) mass is 313 g/mol. The summed E-state index contributed by atoms with van der Waals surface area (Å²) in [6.45, 7) is 3.75. The van der Waals surface area contributed by atoms with Gasteiger partial charge >= 0.3 is 0 Å². The summed E-state index contributed by atoms with van der Waals surface area (Å²) in [6.07, 6.45) is 0. The van der Waals surface area contributed by atoms with Crippen LogP contribution in [-0.2, 0) is 0 Å². The molecule has 4 aromatic rings. The van der Waals surface area contributed by atoms with Crippen LogP contribution in [0.25, 0.3) is 16.7 Å². The van der Waals surface area contributed by atoms with Crippen LogP contribution in [0, 0.1) is 18.8 Å². The molecule has 0 aliphatic rings. The number of nitrogens with zero attached hydrogens (tertiary/aromatic N) is 4. The number of aryl methyl sites for hydroxylation is 1. The van der Waals surface area contributed by atoms with E-state index >= 15 is 0 Å². The smallest absolute Gasteiger partial charge is 0.257 e. The van der Waals surface area contributed by atoms with Crippen LogP contribution in [0.4, 0.5) is 11.5 Å². The van der Waals surface area contributed by atoms with Crippen molar-refractivity contribution in [3.8, 4) is 11.8 Å². The van der Waals surface area contributed by atoms with Gasteiger partial charge in [0.05, 0.1) is 5.52 Å². The average molecular weight is 313 g/mol. The Morgan fingerprint density at radius 3 is 2.67 bits per heavy atom. The van der Waals surface area contributed by atoms with Crippen LogP contribution in [0.15, 0.2) is 48.5 Å². The molecule has 0 saturated carbocycles. The normalized spacial score (nSPS) is 10.6. The average Bonchev–Trinajstić information content (AvgIpc) is 2.97. The van der Waals surface area contributed by atoms with E-state index in [1.165, 1.54) is 0 Å². The van der Waals surface area contributed by atoms with E-state index in [4.69, 9.17) is 0 Å². The zero-order valence-electron chi connectivity index (χ0n) is 13.4. The van der Waals surface area contributed by atoms with Crippen LogP contribution >= 0.6 is 0 Å². The fourth-order valence-corrected chi connectivity index (χ4v) is 2.76. The number of rotatable bonds is 2. The number of nitrogens with one attached hydrogen (secondary N) is 1. The summed E-state index contributed by atoms with van der Waals surface area (Å²) in [5.74, 6) is 8.17. The van der Waals surface area contributed by atoms with Crippen molar-refractivity contribution in [2.45, 2.75) is 13.8 Å². The van der Waals surface area contributed by atoms with Gasteiger partial charge in [0, 0.05) is 16.6 Å². The molecule has 0 unspecified atom stereocenters. The molecule has 5 heteroatoms. The molecule has 0 bridgehead atoms. The molecule has 2 aromatic heterocycles. The van der Waals surface area contributed by atoms with Gasteiger partial charge in [0.2, 0.25) is 0 Å². The molecule has 0 aliphatic carbocycles. The van der Waals surface area contributed by atoms with Crippen molar-refractivity contribution in [3.63, 3.8) is 0 Å². The number of aromatic nitrogens is 4. The van der Waals surface area contributed by atoms with Crippen LogP contribution in [0.1, 0.15) is 18.3 Å². The molecule has 5 nitrogen and oxygen atoms in total. The molecule has 116 valence electrons. The number of benzene rings is 2. The number of anilines is 2. The molecule has 2 heterocycles. The van der Waals surface area contributed by atoms with Gasteiger partial charge in [-0.25, -0.2) is 0 Å². The summed E-state index contributed by atoms with van der Waals surface area (Å²) in [5.41, 5.74) is 2.92. The molecular formula is C19H15N5. The van der Waals surface area contributed by atoms with Gasteiger partial charge in [-0.15, -0.1) is 16.1 Å². The predicted molar refractivity (Wildman–Crippen MR) is 95.3 cm³/mol. The summed E-state index contributed by atoms with van der Waals surface area (Å²) >= 11 is 0. The first-order chi connectivity index (χ1) is 11.8. The Balaban J connectivity index is 2.00. The van der Waals surface area contributed by atoms with E-state index in [0.717, 1.165) is 33.8 Å². The van der Waals surface area contributed by atoms with Gasteiger partial charge in [0.1, 0.15) is 11.6 Å². The first-order valence-corrected chi connectivity index (χ1v) is 7.66. The predicted octanol–water partition coefficient (Wildman–Crippen LogP) is 3.70. The molecule has 4 rings (SSSR count). The maximum Gasteiger partial charge on any atom is 0.257 e. The maximum absolute atomic E-state index is 4.64. The van der Waals surface area contributed by atoms with Gasteiger partial charge in [0.15, 0.2) is 0 Å². The lowest BCUT2D eigenvalue weighted by Crippen LogP contribution is -2.01. The standard InChI is InChI=1S/C19H15N5/c1-3-7-14-10-11-16-17(12-14)24-13(2)22-23-19(24)21-18(16)20-15-8-5-4-6-9-15/h4-6,8-12H,1-2H3,(H,20,21,23). The Labute approximate surface area is 139 Å². The quantitative estimate of drug-likeness (QED) is 0.573. The maximum atomic E-state index is 4.64. The fraction of sp³-hybridized carbons (Fsp3) is 0.105. The van der Waals surface area contributed by atoms with Gasteiger partial charge in [-0.2, -0.15) is 4.98 Å². The highest BCUT2D eigenvalue weighted by Crippen LogP contribution is 2.27. The van der Waals surface area contributed by atoms with E-state index in [1.54, 1.807) is 0 Å². The lowest BCUT2D eigenvalue weighted by molar-refractivity contribution is 1.02. The summed E-state index contributed by atoms with van der Waals surface area (Å²) in [6, 6.07) is 16.0. The van der Waals surface area contributed by atoms with E-state index in [2.05, 4.69) is 32.3 Å². The van der Waals surface area contributed by atoms with Crippen LogP contribution in [-0.4, -0.2) is 19.6 Å². The van der Waals surface area contributed by atoms with Gasteiger partial charge in [-0.05, 0) is 44.2 Å². The number of hydrogen-bond acceptors (Lipinski definition) is 4. The van der Waals surface area contributed by atoms with Crippen molar-refractivity contribution in [2.75, 3.05) is 5.32 Å². The zero-order valence-corrected chi connectivity index (χ0v) is 13.4. The number of fused-ring (bicyclic) bond motifs is 3. The van der Waals surface area contributed by atoms with Gasteiger partial charge in [-0.3, -0.25) is 4.40 Å². The minimum Gasteiger partial charge on any atom is -0.340 e. The summed E-state index contributed by atoms with van der Waals surface area (Å²) in [7, 11) is 0. The summed E-state index contributed by atoms with van der Waals surface area (Å²) in [5, 5.41) is 12.7. The van der Waals surface area contributed by atoms with Crippen molar-refractivity contribution < 1.29 is 0 Å². The molecule has 0 fully saturated rings. The second-order valence-corrected chi connectivity index (χ2v) is 5.44. The molecule has 0 atom stereocenters. The molecule has 24 heavy (non-hydrogen) atoms. The van der Waals surface area contributed by atoms with Gasteiger partial charge < -0.3 is 5.32 Å². The molecule has 0 radical (unpaired) electrons. The van der Waals surface area contributed by atoms with Crippen molar-refractivity contribution in [3.05, 3.63) is 59.9 Å². The molecule has 0 saturated heterocycles.